The van der Waals surface area contributed by atoms with E-state index in [4.69, 9.17) is 16.3 Å². The summed E-state index contributed by atoms with van der Waals surface area (Å²) in [5.41, 5.74) is 0.841. The first-order valence-corrected chi connectivity index (χ1v) is 7.91. The number of benzene rings is 1. The third-order valence-electron chi connectivity index (χ3n) is 3.60. The lowest BCUT2D eigenvalue weighted by Gasteiger charge is -2.22. The minimum atomic E-state index is -0.534. The van der Waals surface area contributed by atoms with Crippen LogP contribution in [0.25, 0.3) is 6.08 Å². The molecule has 1 saturated carbocycles. The van der Waals surface area contributed by atoms with Crippen molar-refractivity contribution in [3.8, 4) is 0 Å². The van der Waals surface area contributed by atoms with Gasteiger partial charge in [0.2, 0.25) is 0 Å². The molecule has 0 atom stereocenters. The van der Waals surface area contributed by atoms with Gasteiger partial charge >= 0.3 is 5.97 Å². The van der Waals surface area contributed by atoms with Crippen molar-refractivity contribution < 1.29 is 14.3 Å². The van der Waals surface area contributed by atoms with Gasteiger partial charge in [-0.25, -0.2) is 4.79 Å². The van der Waals surface area contributed by atoms with Gasteiger partial charge in [-0.05, 0) is 36.6 Å². The molecule has 0 radical (unpaired) electrons. The van der Waals surface area contributed by atoms with E-state index in [2.05, 4.69) is 5.32 Å². The van der Waals surface area contributed by atoms with Gasteiger partial charge in [-0.3, -0.25) is 4.79 Å². The van der Waals surface area contributed by atoms with Gasteiger partial charge in [0.25, 0.3) is 5.91 Å². The second-order valence-corrected chi connectivity index (χ2v) is 5.83. The SMILES string of the molecule is O=C(COC(=O)C=Cc1ccc(Cl)cc1)NC1CCCCC1. The van der Waals surface area contributed by atoms with Gasteiger partial charge in [0.1, 0.15) is 0 Å². The summed E-state index contributed by atoms with van der Waals surface area (Å²) in [7, 11) is 0. The van der Waals surface area contributed by atoms with E-state index in [1.165, 1.54) is 12.5 Å². The molecule has 0 spiro atoms. The van der Waals surface area contributed by atoms with Crippen molar-refractivity contribution in [2.75, 3.05) is 6.61 Å². The lowest BCUT2D eigenvalue weighted by atomic mass is 9.95. The van der Waals surface area contributed by atoms with Gasteiger partial charge in [-0.15, -0.1) is 0 Å². The van der Waals surface area contributed by atoms with E-state index in [0.29, 0.717) is 5.02 Å². The summed E-state index contributed by atoms with van der Waals surface area (Å²) in [5, 5.41) is 3.54. The molecule has 1 fully saturated rings. The molecule has 0 heterocycles. The number of halogens is 1. The standard InChI is InChI=1S/C17H20ClNO3/c18-14-9-6-13(7-10-14)8-11-17(21)22-12-16(20)19-15-4-2-1-3-5-15/h6-11,15H,1-5,12H2,(H,19,20). The Bertz CT molecular complexity index is 533. The number of ether oxygens (including phenoxy) is 1. The first-order chi connectivity index (χ1) is 10.6. The van der Waals surface area contributed by atoms with Gasteiger partial charge in [-0.2, -0.15) is 0 Å². The van der Waals surface area contributed by atoms with Crippen LogP contribution in [-0.2, 0) is 14.3 Å². The second kappa shape index (κ2) is 8.59. The summed E-state index contributed by atoms with van der Waals surface area (Å²) < 4.78 is 4.93. The lowest BCUT2D eigenvalue weighted by molar-refractivity contribution is -0.144. The largest absolute Gasteiger partial charge is 0.452 e. The molecule has 1 aliphatic rings. The van der Waals surface area contributed by atoms with Crippen molar-refractivity contribution in [3.05, 3.63) is 40.9 Å². The number of carbonyl (C=O) groups excluding carboxylic acids is 2. The number of esters is 1. The molecule has 1 N–H and O–H groups in total. The van der Waals surface area contributed by atoms with Crippen LogP contribution in [0.3, 0.4) is 0 Å². The molecule has 1 aliphatic carbocycles. The number of carbonyl (C=O) groups is 2. The minimum Gasteiger partial charge on any atom is -0.452 e. The summed E-state index contributed by atoms with van der Waals surface area (Å²) in [5.74, 6) is -0.770. The second-order valence-electron chi connectivity index (χ2n) is 5.40. The molecule has 1 aromatic carbocycles. The van der Waals surface area contributed by atoms with Crippen molar-refractivity contribution in [2.45, 2.75) is 38.1 Å². The maximum Gasteiger partial charge on any atom is 0.331 e. The Balaban J connectivity index is 1.70. The monoisotopic (exact) mass is 321 g/mol. The topological polar surface area (TPSA) is 55.4 Å². The Morgan fingerprint density at radius 3 is 2.55 bits per heavy atom. The number of hydrogen-bond donors (Lipinski definition) is 1. The summed E-state index contributed by atoms with van der Waals surface area (Å²) in [6.45, 7) is -0.236. The Morgan fingerprint density at radius 2 is 1.86 bits per heavy atom. The highest BCUT2D eigenvalue weighted by atomic mass is 35.5. The van der Waals surface area contributed by atoms with E-state index in [1.807, 2.05) is 0 Å². The Kier molecular flexibility index (Phi) is 6.46. The van der Waals surface area contributed by atoms with Crippen LogP contribution in [0.5, 0.6) is 0 Å². The zero-order valence-electron chi connectivity index (χ0n) is 12.4. The molecule has 1 amide bonds. The van der Waals surface area contributed by atoms with Crippen LogP contribution >= 0.6 is 11.6 Å². The van der Waals surface area contributed by atoms with Gasteiger partial charge < -0.3 is 10.1 Å². The van der Waals surface area contributed by atoms with Crippen LogP contribution in [0.1, 0.15) is 37.7 Å². The normalized spacial score (nSPS) is 15.7. The molecule has 2 rings (SSSR count). The maximum absolute atomic E-state index is 11.7. The fraction of sp³-hybridized carbons (Fsp3) is 0.412. The highest BCUT2D eigenvalue weighted by Crippen LogP contribution is 2.17. The molecule has 4 nitrogen and oxygen atoms in total. The van der Waals surface area contributed by atoms with E-state index in [9.17, 15) is 9.59 Å². The van der Waals surface area contributed by atoms with Crippen LogP contribution in [0.15, 0.2) is 30.3 Å². The van der Waals surface area contributed by atoms with Crippen LogP contribution < -0.4 is 5.32 Å². The molecular formula is C17H20ClNO3. The Morgan fingerprint density at radius 1 is 1.18 bits per heavy atom. The third-order valence-corrected chi connectivity index (χ3v) is 3.85. The zero-order chi connectivity index (χ0) is 15.8. The Hall–Kier alpha value is -1.81. The summed E-state index contributed by atoms with van der Waals surface area (Å²) in [4.78, 5) is 23.3. The third kappa shape index (κ3) is 5.90. The Labute approximate surface area is 135 Å². The van der Waals surface area contributed by atoms with Crippen molar-refractivity contribution in [2.24, 2.45) is 0 Å². The zero-order valence-corrected chi connectivity index (χ0v) is 13.1. The van der Waals surface area contributed by atoms with E-state index in [0.717, 1.165) is 31.2 Å². The molecule has 0 saturated heterocycles. The average molecular weight is 322 g/mol. The fourth-order valence-corrected chi connectivity index (χ4v) is 2.57. The molecule has 0 unspecified atom stereocenters. The highest BCUT2D eigenvalue weighted by Gasteiger charge is 2.16. The molecule has 118 valence electrons. The van der Waals surface area contributed by atoms with Crippen LogP contribution in [0.2, 0.25) is 5.02 Å². The fourth-order valence-electron chi connectivity index (χ4n) is 2.44. The molecule has 22 heavy (non-hydrogen) atoms. The average Bonchev–Trinajstić information content (AvgIpc) is 2.53. The predicted molar refractivity (Wildman–Crippen MR) is 86.5 cm³/mol. The van der Waals surface area contributed by atoms with Crippen molar-refractivity contribution in [1.29, 1.82) is 0 Å². The molecule has 0 aliphatic heterocycles. The van der Waals surface area contributed by atoms with E-state index >= 15 is 0 Å². The smallest absolute Gasteiger partial charge is 0.331 e. The van der Waals surface area contributed by atoms with E-state index in [1.54, 1.807) is 30.3 Å². The number of hydrogen-bond acceptors (Lipinski definition) is 3. The van der Waals surface area contributed by atoms with Gasteiger partial charge in [0.15, 0.2) is 6.61 Å². The highest BCUT2D eigenvalue weighted by molar-refractivity contribution is 6.30. The van der Waals surface area contributed by atoms with E-state index in [-0.39, 0.29) is 18.6 Å². The minimum absolute atomic E-state index is 0.226. The number of rotatable bonds is 5. The van der Waals surface area contributed by atoms with Crippen molar-refractivity contribution in [3.63, 3.8) is 0 Å². The first-order valence-electron chi connectivity index (χ1n) is 7.53. The molecular weight excluding hydrogens is 302 g/mol. The first kappa shape index (κ1) is 16.6. The summed E-state index contributed by atoms with van der Waals surface area (Å²) in [6, 6.07) is 7.29. The van der Waals surface area contributed by atoms with Crippen LogP contribution in [-0.4, -0.2) is 24.5 Å². The predicted octanol–water partition coefficient (Wildman–Crippen LogP) is 3.35. The van der Waals surface area contributed by atoms with Crippen LogP contribution in [0, 0.1) is 0 Å². The van der Waals surface area contributed by atoms with Gasteiger partial charge in [0, 0.05) is 17.1 Å². The lowest BCUT2D eigenvalue weighted by Crippen LogP contribution is -2.38. The van der Waals surface area contributed by atoms with Gasteiger partial charge in [0.05, 0.1) is 0 Å². The maximum atomic E-state index is 11.7. The number of nitrogens with one attached hydrogen (secondary N) is 1. The number of amides is 1. The summed E-state index contributed by atoms with van der Waals surface area (Å²) in [6.07, 6.45) is 8.47. The van der Waals surface area contributed by atoms with E-state index < -0.39 is 5.97 Å². The molecule has 0 bridgehead atoms. The molecule has 5 heteroatoms. The van der Waals surface area contributed by atoms with Crippen molar-refractivity contribution in [1.82, 2.24) is 5.32 Å². The van der Waals surface area contributed by atoms with Gasteiger partial charge in [-0.1, -0.05) is 43.0 Å². The quantitative estimate of drug-likeness (QED) is 0.668. The van der Waals surface area contributed by atoms with Crippen molar-refractivity contribution >= 4 is 29.6 Å². The van der Waals surface area contributed by atoms with Crippen LogP contribution in [0.4, 0.5) is 0 Å². The molecule has 0 aromatic heterocycles. The summed E-state index contributed by atoms with van der Waals surface area (Å²) >= 11 is 5.78. The molecule has 1 aromatic rings.